The van der Waals surface area contributed by atoms with Crippen LogP contribution in [0.5, 0.6) is 0 Å². The van der Waals surface area contributed by atoms with Crippen molar-refractivity contribution in [3.05, 3.63) is 76.9 Å². The molecule has 2 heterocycles. The molecular weight excluding hydrogens is 461 g/mol. The largest absolute Gasteiger partial charge is 0.382 e. The van der Waals surface area contributed by atoms with Crippen LogP contribution in [0.3, 0.4) is 0 Å². The summed E-state index contributed by atoms with van der Waals surface area (Å²) in [4.78, 5) is 33.7. The summed E-state index contributed by atoms with van der Waals surface area (Å²) in [5.74, 6) is -5.21. The lowest BCUT2D eigenvalue weighted by atomic mass is 10.1. The second-order valence-electron chi connectivity index (χ2n) is 8.14. The molecule has 1 fully saturated rings. The molecule has 1 atom stereocenters. The number of halogens is 3. The molecule has 11 heteroatoms. The van der Waals surface area contributed by atoms with Crippen LogP contribution in [0.15, 0.2) is 42.6 Å². The third-order valence-corrected chi connectivity index (χ3v) is 5.57. The summed E-state index contributed by atoms with van der Waals surface area (Å²) in [6.45, 7) is 1.36. The molecule has 1 aliphatic heterocycles. The maximum Gasteiger partial charge on any atom is 0.274 e. The molecule has 2 amide bonds. The predicted molar refractivity (Wildman–Crippen MR) is 123 cm³/mol. The van der Waals surface area contributed by atoms with Crippen molar-refractivity contribution < 1.29 is 22.8 Å². The molecule has 1 aliphatic rings. The third-order valence-electron chi connectivity index (χ3n) is 5.57. The minimum absolute atomic E-state index is 0.0108. The lowest BCUT2D eigenvalue weighted by Gasteiger charge is -2.23. The Labute approximate surface area is 199 Å². The Morgan fingerprint density at radius 3 is 2.60 bits per heavy atom. The van der Waals surface area contributed by atoms with Gasteiger partial charge in [0.15, 0.2) is 29.0 Å². The fourth-order valence-electron chi connectivity index (χ4n) is 3.75. The SMILES string of the molecule is Nc1ncc(-c2cccc(C(=O)NCc3cc(F)c(F)c(F)c3)c2)nc1C(=O)N[C@H]1CCCNC1. The van der Waals surface area contributed by atoms with Gasteiger partial charge in [-0.1, -0.05) is 12.1 Å². The first-order valence-electron chi connectivity index (χ1n) is 11.0. The lowest BCUT2D eigenvalue weighted by Crippen LogP contribution is -2.46. The minimum Gasteiger partial charge on any atom is -0.382 e. The highest BCUT2D eigenvalue weighted by Gasteiger charge is 2.20. The van der Waals surface area contributed by atoms with E-state index >= 15 is 0 Å². The van der Waals surface area contributed by atoms with Gasteiger partial charge in [-0.05, 0) is 49.2 Å². The summed E-state index contributed by atoms with van der Waals surface area (Å²) in [5, 5.41) is 8.65. The first-order chi connectivity index (χ1) is 16.8. The average molecular weight is 484 g/mol. The van der Waals surface area contributed by atoms with Crippen molar-refractivity contribution in [1.29, 1.82) is 0 Å². The van der Waals surface area contributed by atoms with Gasteiger partial charge in [0.25, 0.3) is 11.8 Å². The smallest absolute Gasteiger partial charge is 0.274 e. The van der Waals surface area contributed by atoms with Gasteiger partial charge in [0, 0.05) is 30.3 Å². The fourth-order valence-corrected chi connectivity index (χ4v) is 3.75. The van der Waals surface area contributed by atoms with E-state index in [0.717, 1.165) is 31.5 Å². The second kappa shape index (κ2) is 10.5. The molecule has 35 heavy (non-hydrogen) atoms. The van der Waals surface area contributed by atoms with E-state index in [1.807, 2.05) is 0 Å². The van der Waals surface area contributed by atoms with E-state index in [1.54, 1.807) is 18.2 Å². The number of nitrogens with zero attached hydrogens (tertiary/aromatic N) is 2. The maximum atomic E-state index is 13.4. The van der Waals surface area contributed by atoms with Crippen molar-refractivity contribution in [1.82, 2.24) is 25.9 Å². The van der Waals surface area contributed by atoms with E-state index in [0.29, 0.717) is 17.8 Å². The topological polar surface area (TPSA) is 122 Å². The monoisotopic (exact) mass is 484 g/mol. The summed E-state index contributed by atoms with van der Waals surface area (Å²) < 4.78 is 39.9. The van der Waals surface area contributed by atoms with Crippen LogP contribution in [-0.2, 0) is 6.54 Å². The number of piperidine rings is 1. The van der Waals surface area contributed by atoms with Gasteiger partial charge >= 0.3 is 0 Å². The Morgan fingerprint density at radius 2 is 1.89 bits per heavy atom. The van der Waals surface area contributed by atoms with Crippen LogP contribution < -0.4 is 21.7 Å². The number of carbonyl (C=O) groups is 2. The molecule has 0 radical (unpaired) electrons. The van der Waals surface area contributed by atoms with Crippen LogP contribution in [-0.4, -0.2) is 40.9 Å². The van der Waals surface area contributed by atoms with Gasteiger partial charge in [0.1, 0.15) is 0 Å². The van der Waals surface area contributed by atoms with Crippen LogP contribution in [0, 0.1) is 17.5 Å². The van der Waals surface area contributed by atoms with Crippen molar-refractivity contribution in [3.8, 4) is 11.3 Å². The van der Waals surface area contributed by atoms with Crippen molar-refractivity contribution in [2.45, 2.75) is 25.4 Å². The standard InChI is InChI=1S/C24H23F3N6O2/c25-17-7-13(8-18(26)20(17)27)10-31-23(34)15-4-1-3-14(9-15)19-12-30-22(28)21(33-19)24(35)32-16-5-2-6-29-11-16/h1,3-4,7-9,12,16,29H,2,5-6,10-11H2,(H2,28,30)(H,31,34)(H,32,35)/t16-/m0/s1. The van der Waals surface area contributed by atoms with Gasteiger partial charge in [-0.2, -0.15) is 0 Å². The van der Waals surface area contributed by atoms with Gasteiger partial charge in [0.2, 0.25) is 0 Å². The lowest BCUT2D eigenvalue weighted by molar-refractivity contribution is 0.0923. The summed E-state index contributed by atoms with van der Waals surface area (Å²) in [6, 6.07) is 7.98. The maximum absolute atomic E-state index is 13.4. The van der Waals surface area contributed by atoms with Gasteiger partial charge in [0.05, 0.1) is 11.9 Å². The summed E-state index contributed by atoms with van der Waals surface area (Å²) in [7, 11) is 0. The number of carbonyl (C=O) groups excluding carboxylic acids is 2. The highest BCUT2D eigenvalue weighted by atomic mass is 19.2. The Bertz CT molecular complexity index is 1240. The molecule has 182 valence electrons. The number of anilines is 1. The van der Waals surface area contributed by atoms with E-state index in [4.69, 9.17) is 5.73 Å². The number of aromatic nitrogens is 2. The normalized spacial score (nSPS) is 15.5. The molecule has 5 N–H and O–H groups in total. The van der Waals surface area contributed by atoms with E-state index in [-0.39, 0.29) is 35.2 Å². The Balaban J connectivity index is 1.48. The van der Waals surface area contributed by atoms with Gasteiger partial charge in [-0.15, -0.1) is 0 Å². The molecule has 0 spiro atoms. The summed E-state index contributed by atoms with van der Waals surface area (Å²) in [5.41, 5.74) is 7.03. The summed E-state index contributed by atoms with van der Waals surface area (Å²) >= 11 is 0. The molecule has 1 saturated heterocycles. The zero-order valence-corrected chi connectivity index (χ0v) is 18.6. The van der Waals surface area contributed by atoms with E-state index in [2.05, 4.69) is 25.9 Å². The first kappa shape index (κ1) is 24.1. The van der Waals surface area contributed by atoms with E-state index in [9.17, 15) is 22.8 Å². The molecular formula is C24H23F3N6O2. The van der Waals surface area contributed by atoms with Crippen LogP contribution in [0.2, 0.25) is 0 Å². The Hall–Kier alpha value is -3.99. The van der Waals surface area contributed by atoms with Gasteiger partial charge in [-0.25, -0.2) is 23.1 Å². The molecule has 4 rings (SSSR count). The Kier molecular flexibility index (Phi) is 7.25. The number of hydrogen-bond donors (Lipinski definition) is 4. The second-order valence-corrected chi connectivity index (χ2v) is 8.14. The van der Waals surface area contributed by atoms with Crippen LogP contribution >= 0.6 is 0 Å². The van der Waals surface area contributed by atoms with Crippen molar-refractivity contribution >= 4 is 17.6 Å². The molecule has 3 aromatic rings. The molecule has 0 saturated carbocycles. The van der Waals surface area contributed by atoms with Crippen molar-refractivity contribution in [2.75, 3.05) is 18.8 Å². The zero-order valence-electron chi connectivity index (χ0n) is 18.6. The number of rotatable bonds is 6. The molecule has 0 bridgehead atoms. The number of nitrogens with two attached hydrogens (primary N) is 1. The van der Waals surface area contributed by atoms with Crippen molar-refractivity contribution in [2.24, 2.45) is 0 Å². The van der Waals surface area contributed by atoms with Crippen LogP contribution in [0.25, 0.3) is 11.3 Å². The van der Waals surface area contributed by atoms with Crippen LogP contribution in [0.4, 0.5) is 19.0 Å². The van der Waals surface area contributed by atoms with E-state index < -0.39 is 29.3 Å². The van der Waals surface area contributed by atoms with Crippen molar-refractivity contribution in [3.63, 3.8) is 0 Å². The number of nitrogens with one attached hydrogen (secondary N) is 3. The molecule has 8 nitrogen and oxygen atoms in total. The highest BCUT2D eigenvalue weighted by molar-refractivity contribution is 5.97. The van der Waals surface area contributed by atoms with Gasteiger partial charge < -0.3 is 21.7 Å². The molecule has 0 aliphatic carbocycles. The molecule has 2 aromatic carbocycles. The quantitative estimate of drug-likeness (QED) is 0.399. The number of benzene rings is 2. The minimum atomic E-state index is -1.57. The number of amides is 2. The molecule has 0 unspecified atom stereocenters. The number of hydrogen-bond acceptors (Lipinski definition) is 6. The third kappa shape index (κ3) is 5.75. The first-order valence-corrected chi connectivity index (χ1v) is 11.0. The Morgan fingerprint density at radius 1 is 1.11 bits per heavy atom. The predicted octanol–water partition coefficient (Wildman–Crippen LogP) is 2.55. The number of nitrogen functional groups attached to an aromatic ring is 1. The van der Waals surface area contributed by atoms with Crippen LogP contribution in [0.1, 0.15) is 39.3 Å². The average Bonchev–Trinajstić information content (AvgIpc) is 2.86. The summed E-state index contributed by atoms with van der Waals surface area (Å²) in [6.07, 6.45) is 3.20. The highest BCUT2D eigenvalue weighted by Crippen LogP contribution is 2.20. The zero-order chi connectivity index (χ0) is 24.9. The van der Waals surface area contributed by atoms with Gasteiger partial charge in [-0.3, -0.25) is 9.59 Å². The fraction of sp³-hybridized carbons (Fsp3) is 0.250. The molecule has 1 aromatic heterocycles. The van der Waals surface area contributed by atoms with E-state index in [1.165, 1.54) is 12.3 Å².